The van der Waals surface area contributed by atoms with Crippen molar-refractivity contribution in [3.8, 4) is 0 Å². The lowest BCUT2D eigenvalue weighted by Crippen LogP contribution is -2.04. The van der Waals surface area contributed by atoms with Gasteiger partial charge in [-0.25, -0.2) is 0 Å². The van der Waals surface area contributed by atoms with E-state index in [1.807, 2.05) is 6.92 Å². The Hall–Kier alpha value is -0.540. The van der Waals surface area contributed by atoms with Crippen LogP contribution in [0.1, 0.15) is 30.3 Å². The molecule has 0 aliphatic heterocycles. The molecule has 3 nitrogen and oxygen atoms in total. The van der Waals surface area contributed by atoms with Crippen molar-refractivity contribution < 1.29 is 4.79 Å². The van der Waals surface area contributed by atoms with Gasteiger partial charge in [-0.3, -0.25) is 9.48 Å². The van der Waals surface area contributed by atoms with Gasteiger partial charge in [-0.1, -0.05) is 0 Å². The van der Waals surface area contributed by atoms with E-state index in [0.717, 1.165) is 11.8 Å². The standard InChI is InChI=1S/C6H7ClN2O.C4H7Cl/c1-2-9-5(6(7)10)3-4-8-9;5-3-4-1-2-4/h3-4H,2H2,1H3;4H,1-3H2. The quantitative estimate of drug-likeness (QED) is 0.609. The average molecular weight is 249 g/mol. The van der Waals surface area contributed by atoms with E-state index in [1.165, 1.54) is 12.8 Å². The maximum Gasteiger partial charge on any atom is 0.270 e. The topological polar surface area (TPSA) is 34.9 Å². The SMILES string of the molecule is CCn1nccc1C(=O)Cl.ClCC1CC1. The number of hydrogen-bond acceptors (Lipinski definition) is 2. The molecule has 5 heteroatoms. The summed E-state index contributed by atoms with van der Waals surface area (Å²) in [5.74, 6) is 1.79. The van der Waals surface area contributed by atoms with Gasteiger partial charge in [0.05, 0.1) is 0 Å². The summed E-state index contributed by atoms with van der Waals surface area (Å²) in [4.78, 5) is 10.6. The smallest absolute Gasteiger partial charge is 0.270 e. The Balaban J connectivity index is 0.000000187. The molecule has 0 bridgehead atoms. The minimum atomic E-state index is -0.459. The van der Waals surface area contributed by atoms with E-state index in [-0.39, 0.29) is 0 Å². The minimum Gasteiger partial charge on any atom is -0.274 e. The zero-order valence-electron chi connectivity index (χ0n) is 8.62. The van der Waals surface area contributed by atoms with Gasteiger partial charge in [-0.2, -0.15) is 5.10 Å². The van der Waals surface area contributed by atoms with Gasteiger partial charge in [0, 0.05) is 18.6 Å². The van der Waals surface area contributed by atoms with E-state index in [1.54, 1.807) is 16.9 Å². The van der Waals surface area contributed by atoms with Gasteiger partial charge in [-0.05, 0) is 43.4 Å². The highest BCUT2D eigenvalue weighted by atomic mass is 35.5. The van der Waals surface area contributed by atoms with Crippen LogP contribution in [0.15, 0.2) is 12.3 Å². The van der Waals surface area contributed by atoms with Crippen LogP contribution in [0.4, 0.5) is 0 Å². The third-order valence-electron chi connectivity index (χ3n) is 2.13. The summed E-state index contributed by atoms with van der Waals surface area (Å²) < 4.78 is 1.55. The third-order valence-corrected chi connectivity index (χ3v) is 2.76. The summed E-state index contributed by atoms with van der Waals surface area (Å²) in [6.07, 6.45) is 4.31. The maximum absolute atomic E-state index is 10.6. The molecule has 84 valence electrons. The number of nitrogens with zero attached hydrogens (tertiary/aromatic N) is 2. The van der Waals surface area contributed by atoms with Gasteiger partial charge in [0.25, 0.3) is 5.24 Å². The number of aryl methyl sites for hydroxylation is 1. The summed E-state index contributed by atoms with van der Waals surface area (Å²) in [6, 6.07) is 1.60. The first-order chi connectivity index (χ1) is 7.19. The third kappa shape index (κ3) is 4.22. The van der Waals surface area contributed by atoms with Gasteiger partial charge in [-0.15, -0.1) is 11.6 Å². The fraction of sp³-hybridized carbons (Fsp3) is 0.600. The lowest BCUT2D eigenvalue weighted by atomic mass is 10.5. The van der Waals surface area contributed by atoms with Crippen LogP contribution >= 0.6 is 23.2 Å². The molecule has 0 aromatic carbocycles. The summed E-state index contributed by atoms with van der Waals surface area (Å²) in [5.41, 5.74) is 0.448. The van der Waals surface area contributed by atoms with Crippen LogP contribution in [0.2, 0.25) is 0 Å². The van der Waals surface area contributed by atoms with Crippen molar-refractivity contribution in [3.63, 3.8) is 0 Å². The molecule has 0 radical (unpaired) electrons. The minimum absolute atomic E-state index is 0.448. The largest absolute Gasteiger partial charge is 0.274 e. The van der Waals surface area contributed by atoms with Crippen LogP contribution in [0.3, 0.4) is 0 Å². The summed E-state index contributed by atoms with van der Waals surface area (Å²) in [6.45, 7) is 2.57. The van der Waals surface area contributed by atoms with Crippen LogP contribution < -0.4 is 0 Å². The van der Waals surface area contributed by atoms with Crippen molar-refractivity contribution in [2.45, 2.75) is 26.3 Å². The number of rotatable bonds is 3. The van der Waals surface area contributed by atoms with E-state index in [9.17, 15) is 4.79 Å². The van der Waals surface area contributed by atoms with Crippen molar-refractivity contribution >= 4 is 28.4 Å². The molecule has 2 rings (SSSR count). The molecule has 1 fully saturated rings. The number of carbonyl (C=O) groups excluding carboxylic acids is 1. The van der Waals surface area contributed by atoms with Crippen molar-refractivity contribution in [1.29, 1.82) is 0 Å². The lowest BCUT2D eigenvalue weighted by molar-refractivity contribution is 0.107. The summed E-state index contributed by atoms with van der Waals surface area (Å²) in [5, 5.41) is 3.41. The van der Waals surface area contributed by atoms with Gasteiger partial charge >= 0.3 is 0 Å². The van der Waals surface area contributed by atoms with Gasteiger partial charge in [0.15, 0.2) is 0 Å². The number of halogens is 2. The molecular formula is C10H14Cl2N2O. The first-order valence-electron chi connectivity index (χ1n) is 4.96. The molecule has 0 unspecified atom stereocenters. The normalized spacial score (nSPS) is 14.3. The first kappa shape index (κ1) is 12.5. The van der Waals surface area contributed by atoms with Crippen LogP contribution in [0.5, 0.6) is 0 Å². The Morgan fingerprint density at radius 2 is 2.33 bits per heavy atom. The molecule has 0 spiro atoms. The Morgan fingerprint density at radius 1 is 1.67 bits per heavy atom. The average Bonchev–Trinajstić information content (AvgIpc) is 2.95. The van der Waals surface area contributed by atoms with Crippen molar-refractivity contribution in [3.05, 3.63) is 18.0 Å². The Bertz CT molecular complexity index is 321. The molecule has 1 aromatic rings. The van der Waals surface area contributed by atoms with Crippen molar-refractivity contribution in [2.75, 3.05) is 5.88 Å². The predicted octanol–water partition coefficient (Wildman–Crippen LogP) is 2.92. The second-order valence-electron chi connectivity index (χ2n) is 3.40. The highest BCUT2D eigenvalue weighted by Gasteiger charge is 2.18. The van der Waals surface area contributed by atoms with E-state index < -0.39 is 5.24 Å². The number of alkyl halides is 1. The second-order valence-corrected chi connectivity index (χ2v) is 4.06. The van der Waals surface area contributed by atoms with E-state index in [0.29, 0.717) is 12.2 Å². The van der Waals surface area contributed by atoms with Crippen LogP contribution in [-0.2, 0) is 6.54 Å². The van der Waals surface area contributed by atoms with E-state index in [4.69, 9.17) is 23.2 Å². The van der Waals surface area contributed by atoms with Crippen LogP contribution in [-0.4, -0.2) is 20.9 Å². The van der Waals surface area contributed by atoms with Crippen LogP contribution in [0.25, 0.3) is 0 Å². The Labute approximate surface area is 99.4 Å². The number of aromatic nitrogens is 2. The summed E-state index contributed by atoms with van der Waals surface area (Å²) >= 11 is 10.6. The summed E-state index contributed by atoms with van der Waals surface area (Å²) in [7, 11) is 0. The molecule has 1 saturated carbocycles. The van der Waals surface area contributed by atoms with Crippen LogP contribution in [0, 0.1) is 5.92 Å². The molecule has 0 N–H and O–H groups in total. The first-order valence-corrected chi connectivity index (χ1v) is 5.87. The fourth-order valence-corrected chi connectivity index (χ4v) is 1.49. The molecule has 1 heterocycles. The molecule has 1 aliphatic carbocycles. The van der Waals surface area contributed by atoms with Crippen molar-refractivity contribution in [2.24, 2.45) is 5.92 Å². The van der Waals surface area contributed by atoms with E-state index in [2.05, 4.69) is 5.10 Å². The molecule has 1 aliphatic rings. The highest BCUT2D eigenvalue weighted by Crippen LogP contribution is 2.29. The predicted molar refractivity (Wildman–Crippen MR) is 61.5 cm³/mol. The lowest BCUT2D eigenvalue weighted by Gasteiger charge is -1.96. The second kappa shape index (κ2) is 6.13. The molecule has 1 aromatic heterocycles. The Kier molecular flexibility index (Phi) is 5.12. The molecular weight excluding hydrogens is 235 g/mol. The number of hydrogen-bond donors (Lipinski definition) is 0. The number of carbonyl (C=O) groups is 1. The molecule has 15 heavy (non-hydrogen) atoms. The zero-order chi connectivity index (χ0) is 11.3. The van der Waals surface area contributed by atoms with Crippen molar-refractivity contribution in [1.82, 2.24) is 9.78 Å². The molecule has 0 atom stereocenters. The molecule has 0 saturated heterocycles. The fourth-order valence-electron chi connectivity index (χ4n) is 1.02. The zero-order valence-corrected chi connectivity index (χ0v) is 10.1. The van der Waals surface area contributed by atoms with Gasteiger partial charge < -0.3 is 0 Å². The monoisotopic (exact) mass is 248 g/mol. The maximum atomic E-state index is 10.6. The highest BCUT2D eigenvalue weighted by molar-refractivity contribution is 6.67. The van der Waals surface area contributed by atoms with Gasteiger partial charge in [0.2, 0.25) is 0 Å². The van der Waals surface area contributed by atoms with Gasteiger partial charge in [0.1, 0.15) is 5.69 Å². The van der Waals surface area contributed by atoms with E-state index >= 15 is 0 Å². The Morgan fingerprint density at radius 3 is 2.60 bits per heavy atom. The molecule has 0 amide bonds.